The van der Waals surface area contributed by atoms with Gasteiger partial charge in [0.05, 0.1) is 12.2 Å². The largest absolute Gasteiger partial charge is 0.347 e. The lowest BCUT2D eigenvalue weighted by Crippen LogP contribution is -2.47. The number of ether oxygens (including phenoxy) is 2. The minimum Gasteiger partial charge on any atom is -0.347 e. The van der Waals surface area contributed by atoms with E-state index in [1.54, 1.807) is 0 Å². The highest BCUT2D eigenvalue weighted by atomic mass is 16.7. The molecule has 0 amide bonds. The van der Waals surface area contributed by atoms with Gasteiger partial charge in [-0.15, -0.1) is 0 Å². The topological polar surface area (TPSA) is 18.5 Å². The molecule has 94 valence electrons. The predicted molar refractivity (Wildman–Crippen MR) is 65.4 cm³/mol. The van der Waals surface area contributed by atoms with E-state index in [1.807, 2.05) is 0 Å². The molecule has 2 heterocycles. The Morgan fingerprint density at radius 2 is 1.88 bits per heavy atom. The standard InChI is InChI=1S/C14H26O2/c1-3-4-8-13-9-6-11-14(16-13)10-5-7-12(2)15-14/h12-13H,3-11H2,1-2H3. The average Bonchev–Trinajstić information content (AvgIpc) is 2.26. The Balaban J connectivity index is 1.89. The van der Waals surface area contributed by atoms with Crippen LogP contribution in [0.4, 0.5) is 0 Å². The Labute approximate surface area is 99.7 Å². The second kappa shape index (κ2) is 5.50. The molecule has 2 heteroatoms. The molecule has 3 atom stereocenters. The van der Waals surface area contributed by atoms with Crippen molar-refractivity contribution in [1.82, 2.24) is 0 Å². The summed E-state index contributed by atoms with van der Waals surface area (Å²) < 4.78 is 12.4. The van der Waals surface area contributed by atoms with E-state index in [4.69, 9.17) is 9.47 Å². The third-order valence-corrected chi connectivity index (χ3v) is 3.93. The van der Waals surface area contributed by atoms with Crippen molar-refractivity contribution in [2.75, 3.05) is 0 Å². The van der Waals surface area contributed by atoms with Crippen molar-refractivity contribution in [2.45, 2.75) is 89.6 Å². The molecule has 1 spiro atoms. The number of hydrogen-bond donors (Lipinski definition) is 0. The Bertz CT molecular complexity index is 213. The minimum absolute atomic E-state index is 0.200. The Morgan fingerprint density at radius 3 is 2.56 bits per heavy atom. The van der Waals surface area contributed by atoms with Gasteiger partial charge in [-0.3, -0.25) is 0 Å². The molecule has 0 aromatic heterocycles. The molecule has 2 aliphatic rings. The molecule has 0 bridgehead atoms. The van der Waals surface area contributed by atoms with Gasteiger partial charge in [-0.05, 0) is 39.0 Å². The van der Waals surface area contributed by atoms with E-state index in [2.05, 4.69) is 13.8 Å². The summed E-state index contributed by atoms with van der Waals surface area (Å²) in [4.78, 5) is 0. The van der Waals surface area contributed by atoms with Crippen LogP contribution >= 0.6 is 0 Å². The van der Waals surface area contributed by atoms with E-state index in [-0.39, 0.29) is 5.79 Å². The minimum atomic E-state index is -0.200. The van der Waals surface area contributed by atoms with E-state index < -0.39 is 0 Å². The van der Waals surface area contributed by atoms with Crippen LogP contribution in [0, 0.1) is 0 Å². The van der Waals surface area contributed by atoms with Crippen molar-refractivity contribution in [3.8, 4) is 0 Å². The molecule has 2 fully saturated rings. The van der Waals surface area contributed by atoms with Gasteiger partial charge in [0.15, 0.2) is 5.79 Å². The van der Waals surface area contributed by atoms with E-state index in [9.17, 15) is 0 Å². The zero-order valence-electron chi connectivity index (χ0n) is 10.8. The fraction of sp³-hybridized carbons (Fsp3) is 1.00. The van der Waals surface area contributed by atoms with Crippen LogP contribution in [0.1, 0.15) is 71.6 Å². The summed E-state index contributed by atoms with van der Waals surface area (Å²) in [6.07, 6.45) is 11.8. The zero-order chi connectivity index (χ0) is 11.4. The summed E-state index contributed by atoms with van der Waals surface area (Å²) in [5.41, 5.74) is 0. The van der Waals surface area contributed by atoms with Gasteiger partial charge < -0.3 is 9.47 Å². The first-order chi connectivity index (χ1) is 7.74. The molecule has 0 radical (unpaired) electrons. The van der Waals surface area contributed by atoms with Crippen LogP contribution in [-0.4, -0.2) is 18.0 Å². The summed E-state index contributed by atoms with van der Waals surface area (Å²) in [5, 5.41) is 0. The van der Waals surface area contributed by atoms with Gasteiger partial charge in [-0.2, -0.15) is 0 Å². The molecule has 2 rings (SSSR count). The van der Waals surface area contributed by atoms with Crippen LogP contribution in [0.25, 0.3) is 0 Å². The summed E-state index contributed by atoms with van der Waals surface area (Å²) in [6, 6.07) is 0. The van der Waals surface area contributed by atoms with Crippen LogP contribution in [0.3, 0.4) is 0 Å². The van der Waals surface area contributed by atoms with Crippen LogP contribution < -0.4 is 0 Å². The first-order valence-electron chi connectivity index (χ1n) is 7.10. The normalized spacial score (nSPS) is 40.1. The fourth-order valence-corrected chi connectivity index (χ4v) is 3.07. The molecular formula is C14H26O2. The zero-order valence-corrected chi connectivity index (χ0v) is 10.8. The molecule has 16 heavy (non-hydrogen) atoms. The van der Waals surface area contributed by atoms with E-state index >= 15 is 0 Å². The predicted octanol–water partition coefficient (Wildman–Crippen LogP) is 4.03. The Kier molecular flexibility index (Phi) is 4.26. The van der Waals surface area contributed by atoms with Crippen molar-refractivity contribution in [3.05, 3.63) is 0 Å². The lowest BCUT2D eigenvalue weighted by atomic mass is 9.92. The third kappa shape index (κ3) is 2.98. The van der Waals surface area contributed by atoms with Gasteiger partial charge in [0, 0.05) is 12.8 Å². The van der Waals surface area contributed by atoms with Crippen molar-refractivity contribution >= 4 is 0 Å². The number of unbranched alkanes of at least 4 members (excludes halogenated alkanes) is 1. The maximum absolute atomic E-state index is 6.27. The molecule has 0 aromatic carbocycles. The van der Waals surface area contributed by atoms with Gasteiger partial charge in [0.1, 0.15) is 0 Å². The average molecular weight is 226 g/mol. The van der Waals surface area contributed by atoms with Gasteiger partial charge in [0.2, 0.25) is 0 Å². The molecule has 0 aliphatic carbocycles. The first-order valence-corrected chi connectivity index (χ1v) is 7.10. The van der Waals surface area contributed by atoms with Crippen molar-refractivity contribution in [1.29, 1.82) is 0 Å². The first kappa shape index (κ1) is 12.4. The highest BCUT2D eigenvalue weighted by molar-refractivity contribution is 4.82. The maximum Gasteiger partial charge on any atom is 0.169 e. The maximum atomic E-state index is 6.27. The third-order valence-electron chi connectivity index (χ3n) is 3.93. The number of hydrogen-bond acceptors (Lipinski definition) is 2. The highest BCUT2D eigenvalue weighted by Gasteiger charge is 2.41. The van der Waals surface area contributed by atoms with E-state index in [1.165, 1.54) is 44.9 Å². The van der Waals surface area contributed by atoms with Gasteiger partial charge >= 0.3 is 0 Å². The Hall–Kier alpha value is -0.0800. The van der Waals surface area contributed by atoms with Crippen molar-refractivity contribution in [3.63, 3.8) is 0 Å². The van der Waals surface area contributed by atoms with Gasteiger partial charge in [-0.1, -0.05) is 19.8 Å². The van der Waals surface area contributed by atoms with Gasteiger partial charge in [-0.25, -0.2) is 0 Å². The SMILES string of the molecule is CCCCC1CCCC2(CCCC(C)O2)O1. The van der Waals surface area contributed by atoms with Crippen LogP contribution in [0.15, 0.2) is 0 Å². The molecule has 2 nitrogen and oxygen atoms in total. The smallest absolute Gasteiger partial charge is 0.169 e. The molecule has 0 aromatic rings. The van der Waals surface area contributed by atoms with Crippen molar-refractivity contribution in [2.24, 2.45) is 0 Å². The van der Waals surface area contributed by atoms with Crippen LogP contribution in [-0.2, 0) is 9.47 Å². The second-order valence-corrected chi connectivity index (χ2v) is 5.51. The monoisotopic (exact) mass is 226 g/mol. The summed E-state index contributed by atoms with van der Waals surface area (Å²) in [5.74, 6) is -0.200. The fourth-order valence-electron chi connectivity index (χ4n) is 3.07. The van der Waals surface area contributed by atoms with E-state index in [0.29, 0.717) is 12.2 Å². The molecule has 0 saturated carbocycles. The van der Waals surface area contributed by atoms with Crippen LogP contribution in [0.2, 0.25) is 0 Å². The van der Waals surface area contributed by atoms with Gasteiger partial charge in [0.25, 0.3) is 0 Å². The molecule has 2 aliphatic heterocycles. The quantitative estimate of drug-likeness (QED) is 0.723. The summed E-state index contributed by atoms with van der Waals surface area (Å²) in [6.45, 7) is 4.43. The Morgan fingerprint density at radius 1 is 1.12 bits per heavy atom. The summed E-state index contributed by atoms with van der Waals surface area (Å²) in [7, 11) is 0. The lowest BCUT2D eigenvalue weighted by Gasteiger charge is -2.45. The van der Waals surface area contributed by atoms with E-state index in [0.717, 1.165) is 12.8 Å². The summed E-state index contributed by atoms with van der Waals surface area (Å²) >= 11 is 0. The van der Waals surface area contributed by atoms with Crippen molar-refractivity contribution < 1.29 is 9.47 Å². The molecule has 0 N–H and O–H groups in total. The molecular weight excluding hydrogens is 200 g/mol. The van der Waals surface area contributed by atoms with Crippen LogP contribution in [0.5, 0.6) is 0 Å². The molecule has 3 unspecified atom stereocenters. The molecule has 2 saturated heterocycles. The highest BCUT2D eigenvalue weighted by Crippen LogP contribution is 2.39. The lowest BCUT2D eigenvalue weighted by molar-refractivity contribution is -0.312. The number of rotatable bonds is 3. The second-order valence-electron chi connectivity index (χ2n) is 5.51.